The zero-order valence-electron chi connectivity index (χ0n) is 10.2. The van der Waals surface area contributed by atoms with E-state index in [0.29, 0.717) is 18.0 Å². The summed E-state index contributed by atoms with van der Waals surface area (Å²) < 4.78 is 13.3. The number of hydrogen-bond donors (Lipinski definition) is 1. The highest BCUT2D eigenvalue weighted by atomic mass is 35.5. The van der Waals surface area contributed by atoms with Crippen molar-refractivity contribution in [2.24, 2.45) is 17.6 Å². The van der Waals surface area contributed by atoms with Gasteiger partial charge in [-0.05, 0) is 43.0 Å². The summed E-state index contributed by atoms with van der Waals surface area (Å²) in [5, 5.41) is 0.0897. The molecule has 1 saturated carbocycles. The molecule has 2 N–H and O–H groups in total. The van der Waals surface area contributed by atoms with Crippen molar-refractivity contribution < 1.29 is 9.18 Å². The molecule has 0 heterocycles. The topological polar surface area (TPSA) is 43.1 Å². The minimum atomic E-state index is -0.469. The Morgan fingerprint density at radius 1 is 1.44 bits per heavy atom. The smallest absolute Gasteiger partial charge is 0.142 e. The maximum Gasteiger partial charge on any atom is 0.142 e. The number of nitrogens with two attached hydrogens (primary N) is 1. The van der Waals surface area contributed by atoms with Crippen LogP contribution in [0.3, 0.4) is 0 Å². The van der Waals surface area contributed by atoms with Crippen LogP contribution in [-0.2, 0) is 11.2 Å². The molecule has 0 aliphatic heterocycles. The Kier molecular flexibility index (Phi) is 4.36. The van der Waals surface area contributed by atoms with E-state index in [1.807, 2.05) is 0 Å². The summed E-state index contributed by atoms with van der Waals surface area (Å²) in [6.45, 7) is 0.561. The summed E-state index contributed by atoms with van der Waals surface area (Å²) in [7, 11) is 0. The van der Waals surface area contributed by atoms with Crippen LogP contribution < -0.4 is 5.73 Å². The van der Waals surface area contributed by atoms with E-state index in [2.05, 4.69) is 0 Å². The molecule has 1 fully saturated rings. The third kappa shape index (κ3) is 2.90. The molecule has 0 radical (unpaired) electrons. The number of benzene rings is 1. The second-order valence-corrected chi connectivity index (χ2v) is 5.33. The molecule has 2 atom stereocenters. The van der Waals surface area contributed by atoms with Crippen LogP contribution in [0.2, 0.25) is 5.02 Å². The summed E-state index contributed by atoms with van der Waals surface area (Å²) >= 11 is 5.61. The molecule has 2 unspecified atom stereocenters. The van der Waals surface area contributed by atoms with Gasteiger partial charge >= 0.3 is 0 Å². The fraction of sp³-hybridized carbons (Fsp3) is 0.500. The molecular formula is C14H17ClFNO. The Morgan fingerprint density at radius 2 is 2.22 bits per heavy atom. The third-order valence-corrected chi connectivity index (χ3v) is 4.04. The van der Waals surface area contributed by atoms with E-state index in [-0.39, 0.29) is 23.1 Å². The van der Waals surface area contributed by atoms with Gasteiger partial charge in [-0.25, -0.2) is 4.39 Å². The van der Waals surface area contributed by atoms with E-state index in [1.165, 1.54) is 12.1 Å². The molecular weight excluding hydrogens is 253 g/mol. The highest BCUT2D eigenvalue weighted by Crippen LogP contribution is 2.32. The zero-order valence-corrected chi connectivity index (χ0v) is 10.9. The lowest BCUT2D eigenvalue weighted by Crippen LogP contribution is -2.26. The van der Waals surface area contributed by atoms with Crippen molar-refractivity contribution in [3.05, 3.63) is 34.6 Å². The minimum Gasteiger partial charge on any atom is -0.330 e. The highest BCUT2D eigenvalue weighted by molar-refractivity contribution is 6.30. The van der Waals surface area contributed by atoms with Crippen LogP contribution in [0.25, 0.3) is 0 Å². The lowest BCUT2D eigenvalue weighted by atomic mass is 9.89. The lowest BCUT2D eigenvalue weighted by Gasteiger charge is -2.16. The predicted octanol–water partition coefficient (Wildman–Crippen LogP) is 2.97. The predicted molar refractivity (Wildman–Crippen MR) is 70.0 cm³/mol. The Balaban J connectivity index is 2.04. The van der Waals surface area contributed by atoms with Crippen LogP contribution in [0.1, 0.15) is 24.8 Å². The van der Waals surface area contributed by atoms with Gasteiger partial charge in [0.2, 0.25) is 0 Å². The Bertz CT molecular complexity index is 449. The third-order valence-electron chi connectivity index (χ3n) is 3.74. The Labute approximate surface area is 111 Å². The van der Waals surface area contributed by atoms with Gasteiger partial charge in [0, 0.05) is 12.3 Å². The molecule has 0 bridgehead atoms. The molecule has 0 amide bonds. The number of rotatable bonds is 4. The van der Waals surface area contributed by atoms with Crippen molar-refractivity contribution in [3.8, 4) is 0 Å². The second-order valence-electron chi connectivity index (χ2n) is 4.92. The summed E-state index contributed by atoms with van der Waals surface area (Å²) in [4.78, 5) is 12.2. The number of hydrogen-bond acceptors (Lipinski definition) is 2. The number of carbonyl (C=O) groups excluding carboxylic acids is 1. The van der Waals surface area contributed by atoms with Crippen LogP contribution in [0.15, 0.2) is 18.2 Å². The molecule has 2 nitrogen and oxygen atoms in total. The van der Waals surface area contributed by atoms with Gasteiger partial charge in [-0.15, -0.1) is 0 Å². The van der Waals surface area contributed by atoms with Crippen molar-refractivity contribution in [2.75, 3.05) is 6.54 Å². The van der Waals surface area contributed by atoms with Crippen molar-refractivity contribution in [3.63, 3.8) is 0 Å². The van der Waals surface area contributed by atoms with Crippen molar-refractivity contribution in [1.29, 1.82) is 0 Å². The van der Waals surface area contributed by atoms with Gasteiger partial charge < -0.3 is 5.73 Å². The highest BCUT2D eigenvalue weighted by Gasteiger charge is 2.31. The zero-order chi connectivity index (χ0) is 13.1. The van der Waals surface area contributed by atoms with Gasteiger partial charge in [-0.3, -0.25) is 4.79 Å². The molecule has 18 heavy (non-hydrogen) atoms. The number of halogens is 2. The molecule has 2 rings (SSSR count). The Morgan fingerprint density at radius 3 is 2.89 bits per heavy atom. The van der Waals surface area contributed by atoms with Crippen LogP contribution in [0.5, 0.6) is 0 Å². The van der Waals surface area contributed by atoms with E-state index in [9.17, 15) is 9.18 Å². The lowest BCUT2D eigenvalue weighted by molar-refractivity contribution is -0.123. The minimum absolute atomic E-state index is 0.0498. The first kappa shape index (κ1) is 13.5. The summed E-state index contributed by atoms with van der Waals surface area (Å²) in [6.07, 6.45) is 3.28. The maximum absolute atomic E-state index is 13.3. The summed E-state index contributed by atoms with van der Waals surface area (Å²) in [5.74, 6) is 0.0526. The van der Waals surface area contributed by atoms with Gasteiger partial charge in [-0.2, -0.15) is 0 Å². The van der Waals surface area contributed by atoms with Gasteiger partial charge in [0.15, 0.2) is 0 Å². The largest absolute Gasteiger partial charge is 0.330 e. The fourth-order valence-electron chi connectivity index (χ4n) is 2.72. The first-order valence-electron chi connectivity index (χ1n) is 6.28. The monoisotopic (exact) mass is 269 g/mol. The summed E-state index contributed by atoms with van der Waals surface area (Å²) in [5.41, 5.74) is 6.35. The molecule has 98 valence electrons. The van der Waals surface area contributed by atoms with E-state index < -0.39 is 5.82 Å². The van der Waals surface area contributed by atoms with E-state index in [4.69, 9.17) is 17.3 Å². The fourth-order valence-corrected chi connectivity index (χ4v) is 2.84. The molecule has 1 aromatic carbocycles. The molecule has 4 heteroatoms. The SMILES string of the molecule is NCC1CCCC1C(=O)Cc1ccc(Cl)c(F)c1. The number of carbonyl (C=O) groups is 1. The molecule has 1 aromatic rings. The molecule has 1 aliphatic carbocycles. The summed E-state index contributed by atoms with van der Waals surface area (Å²) in [6, 6.07) is 4.54. The van der Waals surface area contributed by atoms with Crippen molar-refractivity contribution in [2.45, 2.75) is 25.7 Å². The number of ketones is 1. The normalized spacial score (nSPS) is 23.3. The standard InChI is InChI=1S/C14H17ClFNO/c15-12-5-4-9(6-13(12)16)7-14(18)11-3-1-2-10(11)8-17/h4-6,10-11H,1-3,7-8,17H2. The van der Waals surface area contributed by atoms with E-state index in [1.54, 1.807) is 6.07 Å². The average Bonchev–Trinajstić information content (AvgIpc) is 2.82. The quantitative estimate of drug-likeness (QED) is 0.913. The van der Waals surface area contributed by atoms with Gasteiger partial charge in [-0.1, -0.05) is 24.1 Å². The van der Waals surface area contributed by atoms with Crippen LogP contribution >= 0.6 is 11.6 Å². The van der Waals surface area contributed by atoms with Crippen LogP contribution in [-0.4, -0.2) is 12.3 Å². The molecule has 1 aliphatic rings. The average molecular weight is 270 g/mol. The van der Waals surface area contributed by atoms with Crippen molar-refractivity contribution in [1.82, 2.24) is 0 Å². The Hall–Kier alpha value is -0.930. The van der Waals surface area contributed by atoms with Gasteiger partial charge in [0.1, 0.15) is 11.6 Å². The second kappa shape index (κ2) is 5.81. The van der Waals surface area contributed by atoms with Crippen LogP contribution in [0, 0.1) is 17.7 Å². The molecule has 0 spiro atoms. The first-order valence-corrected chi connectivity index (χ1v) is 6.66. The number of Topliss-reactive ketones (excluding diaryl/α,β-unsaturated/α-hetero) is 1. The van der Waals surface area contributed by atoms with Crippen molar-refractivity contribution >= 4 is 17.4 Å². The maximum atomic E-state index is 13.3. The van der Waals surface area contributed by atoms with Gasteiger partial charge in [0.05, 0.1) is 5.02 Å². The molecule has 0 saturated heterocycles. The van der Waals surface area contributed by atoms with E-state index >= 15 is 0 Å². The van der Waals surface area contributed by atoms with Crippen LogP contribution in [0.4, 0.5) is 4.39 Å². The van der Waals surface area contributed by atoms with E-state index in [0.717, 1.165) is 19.3 Å². The van der Waals surface area contributed by atoms with Gasteiger partial charge in [0.25, 0.3) is 0 Å². The molecule has 0 aromatic heterocycles. The first-order chi connectivity index (χ1) is 8.61.